The number of methoxy groups -OCH3 is 1. The molecule has 0 aliphatic heterocycles. The highest BCUT2D eigenvalue weighted by molar-refractivity contribution is 6.18. The fourth-order valence-corrected chi connectivity index (χ4v) is 2.91. The van der Waals surface area contributed by atoms with E-state index in [0.29, 0.717) is 11.8 Å². The van der Waals surface area contributed by atoms with Gasteiger partial charge in [0.15, 0.2) is 0 Å². The highest BCUT2D eigenvalue weighted by Crippen LogP contribution is 2.24. The maximum Gasteiger partial charge on any atom is 0.122 e. The van der Waals surface area contributed by atoms with Gasteiger partial charge in [0, 0.05) is 5.88 Å². The average molecular weight is 303 g/mol. The molecule has 112 valence electrons. The number of aryl methyl sites for hydroxylation is 2. The van der Waals surface area contributed by atoms with E-state index in [1.165, 1.54) is 22.3 Å². The number of para-hydroxylation sites is 1. The van der Waals surface area contributed by atoms with Crippen LogP contribution in [0.2, 0.25) is 0 Å². The van der Waals surface area contributed by atoms with Crippen LogP contribution in [-0.2, 0) is 12.8 Å². The van der Waals surface area contributed by atoms with Crippen LogP contribution in [0.25, 0.3) is 0 Å². The van der Waals surface area contributed by atoms with Gasteiger partial charge in [-0.2, -0.15) is 0 Å². The molecule has 0 N–H and O–H groups in total. The van der Waals surface area contributed by atoms with Gasteiger partial charge in [0.2, 0.25) is 0 Å². The Hall–Kier alpha value is -1.47. The first-order valence-corrected chi connectivity index (χ1v) is 7.91. The van der Waals surface area contributed by atoms with Crippen molar-refractivity contribution in [3.8, 4) is 5.75 Å². The van der Waals surface area contributed by atoms with Crippen LogP contribution >= 0.6 is 11.6 Å². The van der Waals surface area contributed by atoms with E-state index in [9.17, 15) is 0 Å². The molecule has 0 saturated heterocycles. The van der Waals surface area contributed by atoms with Gasteiger partial charge < -0.3 is 4.74 Å². The van der Waals surface area contributed by atoms with Gasteiger partial charge in [-0.3, -0.25) is 0 Å². The smallest absolute Gasteiger partial charge is 0.122 e. The summed E-state index contributed by atoms with van der Waals surface area (Å²) in [5.74, 6) is 2.03. The van der Waals surface area contributed by atoms with Crippen molar-refractivity contribution in [2.75, 3.05) is 13.0 Å². The summed E-state index contributed by atoms with van der Waals surface area (Å²) in [6.07, 6.45) is 1.95. The molecule has 2 aromatic carbocycles. The first-order chi connectivity index (χ1) is 10.1. The topological polar surface area (TPSA) is 9.23 Å². The molecular formula is C19H23ClO. The van der Waals surface area contributed by atoms with Crippen molar-refractivity contribution in [1.82, 2.24) is 0 Å². The number of alkyl halides is 1. The van der Waals surface area contributed by atoms with Crippen molar-refractivity contribution in [1.29, 1.82) is 0 Å². The molecule has 2 aromatic rings. The second-order valence-corrected chi connectivity index (χ2v) is 5.98. The van der Waals surface area contributed by atoms with Gasteiger partial charge in [-0.25, -0.2) is 0 Å². The molecule has 2 heteroatoms. The summed E-state index contributed by atoms with van der Waals surface area (Å²) >= 11 is 6.21. The Morgan fingerprint density at radius 2 is 1.71 bits per heavy atom. The molecule has 0 bridgehead atoms. The largest absolute Gasteiger partial charge is 0.496 e. The zero-order chi connectivity index (χ0) is 15.2. The Bertz CT molecular complexity index is 592. The summed E-state index contributed by atoms with van der Waals surface area (Å²) in [4.78, 5) is 0. The molecule has 0 heterocycles. The van der Waals surface area contributed by atoms with Crippen LogP contribution in [0, 0.1) is 19.8 Å². The van der Waals surface area contributed by atoms with Gasteiger partial charge in [-0.05, 0) is 55.4 Å². The maximum absolute atomic E-state index is 6.21. The monoisotopic (exact) mass is 302 g/mol. The Morgan fingerprint density at radius 3 is 2.43 bits per heavy atom. The van der Waals surface area contributed by atoms with Gasteiger partial charge in [-0.15, -0.1) is 11.6 Å². The molecular weight excluding hydrogens is 280 g/mol. The zero-order valence-electron chi connectivity index (χ0n) is 13.0. The minimum Gasteiger partial charge on any atom is -0.496 e. The Kier molecular flexibility index (Phi) is 5.69. The molecule has 0 amide bonds. The molecule has 0 aromatic heterocycles. The minimum atomic E-state index is 0.420. The summed E-state index contributed by atoms with van der Waals surface area (Å²) in [6, 6.07) is 14.8. The second kappa shape index (κ2) is 7.51. The van der Waals surface area contributed by atoms with E-state index in [2.05, 4.69) is 44.2 Å². The Balaban J connectivity index is 2.15. The van der Waals surface area contributed by atoms with Gasteiger partial charge >= 0.3 is 0 Å². The SMILES string of the molecule is COc1ccccc1CC(CCl)Cc1cc(C)ccc1C. The molecule has 0 fully saturated rings. The third-order valence-corrected chi connectivity index (χ3v) is 4.37. The number of hydrogen-bond donors (Lipinski definition) is 0. The van der Waals surface area contributed by atoms with Gasteiger partial charge in [0.25, 0.3) is 0 Å². The van der Waals surface area contributed by atoms with Crippen molar-refractivity contribution in [3.05, 3.63) is 64.7 Å². The van der Waals surface area contributed by atoms with Gasteiger partial charge in [-0.1, -0.05) is 42.0 Å². The number of halogens is 1. The lowest BCUT2D eigenvalue weighted by Gasteiger charge is -2.17. The molecule has 0 spiro atoms. The number of hydrogen-bond acceptors (Lipinski definition) is 1. The van der Waals surface area contributed by atoms with Crippen LogP contribution < -0.4 is 4.74 Å². The normalized spacial score (nSPS) is 12.2. The molecule has 0 radical (unpaired) electrons. The molecule has 0 aliphatic carbocycles. The Morgan fingerprint density at radius 1 is 1.00 bits per heavy atom. The highest BCUT2D eigenvalue weighted by Gasteiger charge is 2.13. The van der Waals surface area contributed by atoms with Crippen molar-refractivity contribution < 1.29 is 4.74 Å². The fraction of sp³-hybridized carbons (Fsp3) is 0.368. The lowest BCUT2D eigenvalue weighted by Crippen LogP contribution is -2.12. The first kappa shape index (κ1) is 15.9. The van der Waals surface area contributed by atoms with Gasteiger partial charge in [0.1, 0.15) is 5.75 Å². The summed E-state index contributed by atoms with van der Waals surface area (Å²) in [6.45, 7) is 4.31. The predicted octanol–water partition coefficient (Wildman–Crippen LogP) is 4.95. The predicted molar refractivity (Wildman–Crippen MR) is 90.5 cm³/mol. The highest BCUT2D eigenvalue weighted by atomic mass is 35.5. The van der Waals surface area contributed by atoms with Crippen LogP contribution in [0.5, 0.6) is 5.75 Å². The molecule has 1 unspecified atom stereocenters. The summed E-state index contributed by atoms with van der Waals surface area (Å²) in [5, 5.41) is 0. The molecule has 1 nitrogen and oxygen atoms in total. The first-order valence-electron chi connectivity index (χ1n) is 7.38. The zero-order valence-corrected chi connectivity index (χ0v) is 13.8. The molecule has 21 heavy (non-hydrogen) atoms. The lowest BCUT2D eigenvalue weighted by molar-refractivity contribution is 0.405. The number of rotatable bonds is 6. The maximum atomic E-state index is 6.21. The fourth-order valence-electron chi connectivity index (χ4n) is 2.70. The summed E-state index contributed by atoms with van der Waals surface area (Å²) in [7, 11) is 1.72. The summed E-state index contributed by atoms with van der Waals surface area (Å²) in [5.41, 5.74) is 5.28. The van der Waals surface area contributed by atoms with E-state index in [1.807, 2.05) is 12.1 Å². The van der Waals surface area contributed by atoms with E-state index < -0.39 is 0 Å². The molecule has 1 atom stereocenters. The third kappa shape index (κ3) is 4.25. The van der Waals surface area contributed by atoms with Crippen molar-refractivity contribution >= 4 is 11.6 Å². The summed E-state index contributed by atoms with van der Waals surface area (Å²) < 4.78 is 5.44. The van der Waals surface area contributed by atoms with Crippen LogP contribution in [0.3, 0.4) is 0 Å². The number of ether oxygens (including phenoxy) is 1. The van der Waals surface area contributed by atoms with Crippen LogP contribution in [0.15, 0.2) is 42.5 Å². The van der Waals surface area contributed by atoms with Crippen molar-refractivity contribution in [2.45, 2.75) is 26.7 Å². The lowest BCUT2D eigenvalue weighted by atomic mass is 9.91. The average Bonchev–Trinajstić information content (AvgIpc) is 2.50. The second-order valence-electron chi connectivity index (χ2n) is 5.67. The third-order valence-electron chi connectivity index (χ3n) is 3.93. The van der Waals surface area contributed by atoms with E-state index in [4.69, 9.17) is 16.3 Å². The van der Waals surface area contributed by atoms with E-state index in [1.54, 1.807) is 7.11 Å². The number of benzene rings is 2. The van der Waals surface area contributed by atoms with Crippen molar-refractivity contribution in [3.63, 3.8) is 0 Å². The van der Waals surface area contributed by atoms with E-state index >= 15 is 0 Å². The van der Waals surface area contributed by atoms with Crippen molar-refractivity contribution in [2.24, 2.45) is 5.92 Å². The quantitative estimate of drug-likeness (QED) is 0.686. The molecule has 2 rings (SSSR count). The van der Waals surface area contributed by atoms with E-state index in [-0.39, 0.29) is 0 Å². The standard InChI is InChI=1S/C19H23ClO/c1-14-8-9-15(2)18(10-14)12-16(13-20)11-17-6-4-5-7-19(17)21-3/h4-10,16H,11-13H2,1-3H3. The van der Waals surface area contributed by atoms with E-state index in [0.717, 1.165) is 18.6 Å². The van der Waals surface area contributed by atoms with Gasteiger partial charge in [0.05, 0.1) is 7.11 Å². The van der Waals surface area contributed by atoms with Crippen LogP contribution in [0.4, 0.5) is 0 Å². The van der Waals surface area contributed by atoms with Crippen LogP contribution in [0.1, 0.15) is 22.3 Å². The Labute approximate surface area is 132 Å². The molecule has 0 aliphatic rings. The van der Waals surface area contributed by atoms with Crippen LogP contribution in [-0.4, -0.2) is 13.0 Å². The minimum absolute atomic E-state index is 0.420. The molecule has 0 saturated carbocycles.